The van der Waals surface area contributed by atoms with E-state index in [1.54, 1.807) is 25.1 Å². The number of amides is 3. The smallest absolute Gasteiger partial charge is 0.287 e. The summed E-state index contributed by atoms with van der Waals surface area (Å²) in [7, 11) is 1.36. The average molecular weight is 673 g/mol. The number of aliphatic hydroxyl groups is 1. The van der Waals surface area contributed by atoms with Crippen molar-refractivity contribution in [2.45, 2.75) is 103 Å². The molecule has 2 atom stereocenters. The summed E-state index contributed by atoms with van der Waals surface area (Å²) in [6.07, 6.45) is 10.4. The molecule has 4 aliphatic carbocycles. The van der Waals surface area contributed by atoms with Crippen molar-refractivity contribution >= 4 is 34.4 Å². The maximum absolute atomic E-state index is 13.6. The largest absolute Gasteiger partial charge is 0.451 e. The first kappa shape index (κ1) is 34.6. The highest BCUT2D eigenvalue weighted by Crippen LogP contribution is 2.70. The van der Waals surface area contributed by atoms with Gasteiger partial charge in [-0.25, -0.2) is 0 Å². The van der Waals surface area contributed by atoms with Crippen molar-refractivity contribution < 1.29 is 28.6 Å². The van der Waals surface area contributed by atoms with Crippen molar-refractivity contribution in [3.63, 3.8) is 0 Å². The van der Waals surface area contributed by atoms with Gasteiger partial charge in [-0.3, -0.25) is 19.2 Å². The number of anilines is 1. The van der Waals surface area contributed by atoms with E-state index in [1.165, 1.54) is 49.3 Å². The van der Waals surface area contributed by atoms with Crippen molar-refractivity contribution in [2.75, 3.05) is 12.4 Å². The number of carbonyl (C=O) groups is 3. The zero-order valence-corrected chi connectivity index (χ0v) is 29.1. The number of ether oxygens (including phenoxy) is 1. The van der Waals surface area contributed by atoms with Crippen molar-refractivity contribution in [1.29, 1.82) is 0 Å². The Morgan fingerprint density at radius 1 is 1.00 bits per heavy atom. The topological polar surface area (TPSA) is 152 Å². The van der Waals surface area contributed by atoms with E-state index < -0.39 is 29.7 Å². The van der Waals surface area contributed by atoms with E-state index in [2.05, 4.69) is 36.7 Å². The van der Waals surface area contributed by atoms with Gasteiger partial charge in [0.25, 0.3) is 11.5 Å². The van der Waals surface area contributed by atoms with Crippen LogP contribution in [0.4, 0.5) is 5.69 Å². The van der Waals surface area contributed by atoms with Gasteiger partial charge >= 0.3 is 0 Å². The third-order valence-electron chi connectivity index (χ3n) is 10.7. The number of furan rings is 1. The quantitative estimate of drug-likeness (QED) is 0.153. The lowest BCUT2D eigenvalue weighted by Gasteiger charge is -2.69. The van der Waals surface area contributed by atoms with Crippen molar-refractivity contribution in [1.82, 2.24) is 15.2 Å². The average Bonchev–Trinajstić information content (AvgIpc) is 3.34. The molecule has 4 saturated carbocycles. The van der Waals surface area contributed by atoms with Gasteiger partial charge in [-0.15, -0.1) is 0 Å². The first-order valence-electron chi connectivity index (χ1n) is 17.1. The molecule has 3 aromatic rings. The second-order valence-electron chi connectivity index (χ2n) is 15.9. The molecule has 11 heteroatoms. The second-order valence-corrected chi connectivity index (χ2v) is 15.9. The molecule has 2 aromatic heterocycles. The molecule has 0 radical (unpaired) electrons. The molecule has 3 amide bonds. The Labute approximate surface area is 286 Å². The number of rotatable bonds is 12. The summed E-state index contributed by atoms with van der Waals surface area (Å²) in [5, 5.41) is 19.3. The molecule has 1 unspecified atom stereocenters. The number of benzene rings is 1. The third-order valence-corrected chi connectivity index (χ3v) is 10.7. The summed E-state index contributed by atoms with van der Waals surface area (Å²) >= 11 is 0. The van der Waals surface area contributed by atoms with Gasteiger partial charge in [0.05, 0.1) is 0 Å². The van der Waals surface area contributed by atoms with Gasteiger partial charge in [0.2, 0.25) is 11.8 Å². The van der Waals surface area contributed by atoms with Gasteiger partial charge in [0.15, 0.2) is 12.1 Å². The highest BCUT2D eigenvalue weighted by molar-refractivity contribution is 6.03. The number of aliphatic hydroxyl groups excluding tert-OH is 1. The molecule has 4 fully saturated rings. The minimum absolute atomic E-state index is 0.00727. The number of nitrogens with one attached hydrogen (secondary N) is 3. The molecular formula is C38H48N4O7. The fraction of sp³-hybridized carbons (Fsp3) is 0.526. The van der Waals surface area contributed by atoms with Crippen LogP contribution in [0.2, 0.25) is 0 Å². The Kier molecular flexibility index (Phi) is 9.13. The minimum Gasteiger partial charge on any atom is -0.451 e. The molecule has 0 spiro atoms. The van der Waals surface area contributed by atoms with Gasteiger partial charge in [-0.05, 0) is 98.8 Å². The number of nitrogens with zero attached hydrogens (tertiary/aromatic N) is 1. The molecule has 49 heavy (non-hydrogen) atoms. The predicted molar refractivity (Wildman–Crippen MR) is 186 cm³/mol. The van der Waals surface area contributed by atoms with Crippen LogP contribution < -0.4 is 21.5 Å². The standard InChI is InChI=1S/C38H48N4O7/c1-24-25-11-6-8-14-28(25)49-31(24)33(46)39-26(12-7-9-15-30(44)48-5)32(45)40-27-13-10-16-42(34(27)47)17-29(43)41-38-21-35(2)18-36(3,22-38)20-37(4,19-35)23-38/h6,8-11,13-16,26,30,44H,7,12,17-23H2,1-5H3,(H,39,46)(H,40,45)(H,41,43)/b15-9+/t26-,30?,35?,36?,37?,38?/m0/s1. The second kappa shape index (κ2) is 12.9. The summed E-state index contributed by atoms with van der Waals surface area (Å²) in [5.41, 5.74) is 0.971. The zero-order valence-electron chi connectivity index (χ0n) is 29.1. The monoisotopic (exact) mass is 672 g/mol. The van der Waals surface area contributed by atoms with E-state index in [-0.39, 0.29) is 52.1 Å². The molecule has 4 aliphatic rings. The number of para-hydroxylation sites is 1. The Balaban J connectivity index is 1.16. The molecule has 4 N–H and O–H groups in total. The van der Waals surface area contributed by atoms with Crippen LogP contribution in [0.3, 0.4) is 0 Å². The lowest BCUT2D eigenvalue weighted by molar-refractivity contribution is -0.164. The Morgan fingerprint density at radius 2 is 1.65 bits per heavy atom. The van der Waals surface area contributed by atoms with Crippen LogP contribution >= 0.6 is 0 Å². The highest BCUT2D eigenvalue weighted by atomic mass is 16.6. The number of aryl methyl sites for hydroxylation is 1. The first-order chi connectivity index (χ1) is 23.1. The van der Waals surface area contributed by atoms with Crippen LogP contribution in [-0.4, -0.2) is 52.4 Å². The normalized spacial score (nSPS) is 28.4. The highest BCUT2D eigenvalue weighted by Gasteiger charge is 2.64. The number of methoxy groups -OCH3 is 1. The van der Waals surface area contributed by atoms with Crippen molar-refractivity contribution in [2.24, 2.45) is 16.2 Å². The number of aromatic nitrogens is 1. The molecule has 1 aromatic carbocycles. The van der Waals surface area contributed by atoms with E-state index in [4.69, 9.17) is 9.15 Å². The van der Waals surface area contributed by atoms with Crippen molar-refractivity contribution in [3.8, 4) is 0 Å². The summed E-state index contributed by atoms with van der Waals surface area (Å²) < 4.78 is 11.9. The van der Waals surface area contributed by atoms with Gasteiger partial charge in [0.1, 0.15) is 23.9 Å². The zero-order chi connectivity index (χ0) is 35.2. The lowest BCUT2D eigenvalue weighted by atomic mass is 9.38. The number of carbonyl (C=O) groups excluding carboxylic acids is 3. The van der Waals surface area contributed by atoms with E-state index in [1.807, 2.05) is 18.2 Å². The molecule has 11 nitrogen and oxygen atoms in total. The maximum Gasteiger partial charge on any atom is 0.287 e. The van der Waals surface area contributed by atoms with E-state index in [0.29, 0.717) is 17.6 Å². The first-order valence-corrected chi connectivity index (χ1v) is 17.1. The maximum atomic E-state index is 13.6. The van der Waals surface area contributed by atoms with Crippen LogP contribution in [0.5, 0.6) is 0 Å². The predicted octanol–water partition coefficient (Wildman–Crippen LogP) is 5.20. The van der Waals surface area contributed by atoms with Crippen LogP contribution in [0, 0.1) is 23.2 Å². The van der Waals surface area contributed by atoms with Crippen LogP contribution in [0.1, 0.15) is 88.3 Å². The molecule has 7 rings (SSSR count). The summed E-state index contributed by atoms with van der Waals surface area (Å²) in [6.45, 7) is 8.66. The van der Waals surface area contributed by atoms with Gasteiger partial charge in [-0.1, -0.05) is 45.0 Å². The molecular weight excluding hydrogens is 624 g/mol. The molecule has 4 bridgehead atoms. The van der Waals surface area contributed by atoms with E-state index in [0.717, 1.165) is 24.6 Å². The Bertz CT molecular complexity index is 1800. The van der Waals surface area contributed by atoms with Gasteiger partial charge in [-0.2, -0.15) is 0 Å². The van der Waals surface area contributed by atoms with Gasteiger partial charge < -0.3 is 34.8 Å². The SMILES string of the molecule is COC(O)/C=C/CC[C@H](NC(=O)c1oc2ccccc2c1C)C(=O)Nc1cccn(CC(=O)NC23CC4(C)CC(C)(CC(C)(C4)C2)C3)c1=O. The number of fused-ring (bicyclic) bond motifs is 1. The molecule has 0 saturated heterocycles. The van der Waals surface area contributed by atoms with E-state index >= 15 is 0 Å². The van der Waals surface area contributed by atoms with Crippen LogP contribution in [-0.2, 0) is 20.9 Å². The molecule has 262 valence electrons. The number of pyridine rings is 1. The summed E-state index contributed by atoms with van der Waals surface area (Å²) in [4.78, 5) is 54.1. The number of hydrogen-bond acceptors (Lipinski definition) is 7. The Hall–Kier alpha value is -4.22. The minimum atomic E-state index is -1.10. The van der Waals surface area contributed by atoms with Gasteiger partial charge in [0, 0.05) is 29.8 Å². The summed E-state index contributed by atoms with van der Waals surface area (Å²) in [6, 6.07) is 9.31. The van der Waals surface area contributed by atoms with Crippen LogP contribution in [0.25, 0.3) is 11.0 Å². The number of hydrogen-bond donors (Lipinski definition) is 4. The lowest BCUT2D eigenvalue weighted by Crippen LogP contribution is -2.68. The van der Waals surface area contributed by atoms with Crippen LogP contribution in [0.15, 0.2) is 64.0 Å². The molecule has 0 aliphatic heterocycles. The third kappa shape index (κ3) is 7.23. The Morgan fingerprint density at radius 3 is 2.29 bits per heavy atom. The fourth-order valence-electron chi connectivity index (χ4n) is 10.3. The van der Waals surface area contributed by atoms with E-state index in [9.17, 15) is 24.3 Å². The summed E-state index contributed by atoms with van der Waals surface area (Å²) in [5.74, 6) is -1.31. The molecule has 2 heterocycles. The van der Waals surface area contributed by atoms with Crippen molar-refractivity contribution in [3.05, 3.63) is 76.4 Å². The number of allylic oxidation sites excluding steroid dienone is 1. The fourth-order valence-corrected chi connectivity index (χ4v) is 10.3.